The van der Waals surface area contributed by atoms with E-state index in [1.807, 2.05) is 0 Å². The molecule has 0 saturated heterocycles. The van der Waals surface area contributed by atoms with Gasteiger partial charge in [-0.1, -0.05) is 23.7 Å². The second-order valence-corrected chi connectivity index (χ2v) is 5.38. The van der Waals surface area contributed by atoms with Gasteiger partial charge in [0.05, 0.1) is 11.1 Å². The lowest BCUT2D eigenvalue weighted by molar-refractivity contribution is 0.0590. The summed E-state index contributed by atoms with van der Waals surface area (Å²) in [5.41, 5.74) is 3.44. The van der Waals surface area contributed by atoms with E-state index in [0.29, 0.717) is 10.7 Å². The van der Waals surface area contributed by atoms with Crippen LogP contribution in [0.15, 0.2) is 48.5 Å². The standard InChI is InChI=1S/C16H12ClN3O3/c1-19(11-8-6-10(17)7-9-11)16(23)18-20-14(21)12-4-2-3-5-13(12)15(20)22/h2-9H,1H3,(H,18,23). The molecule has 23 heavy (non-hydrogen) atoms. The number of hydrazine groups is 1. The van der Waals surface area contributed by atoms with Crippen LogP contribution in [0.4, 0.5) is 10.5 Å². The summed E-state index contributed by atoms with van der Waals surface area (Å²) in [5.74, 6) is -1.10. The lowest BCUT2D eigenvalue weighted by atomic mass is 10.1. The fraction of sp³-hybridized carbons (Fsp3) is 0.0625. The molecule has 0 unspecified atom stereocenters. The summed E-state index contributed by atoms with van der Waals surface area (Å²) in [4.78, 5) is 37.9. The van der Waals surface area contributed by atoms with Crippen LogP contribution >= 0.6 is 11.6 Å². The van der Waals surface area contributed by atoms with E-state index < -0.39 is 17.8 Å². The van der Waals surface area contributed by atoms with Crippen molar-refractivity contribution in [3.8, 4) is 0 Å². The number of nitrogens with zero attached hydrogens (tertiary/aromatic N) is 2. The van der Waals surface area contributed by atoms with Crippen LogP contribution in [-0.2, 0) is 0 Å². The van der Waals surface area contributed by atoms with Crippen molar-refractivity contribution in [3.05, 3.63) is 64.7 Å². The largest absolute Gasteiger partial charge is 0.340 e. The van der Waals surface area contributed by atoms with Crippen molar-refractivity contribution in [2.45, 2.75) is 0 Å². The lowest BCUT2D eigenvalue weighted by Crippen LogP contribution is -2.50. The van der Waals surface area contributed by atoms with Gasteiger partial charge in [0.2, 0.25) is 0 Å². The summed E-state index contributed by atoms with van der Waals surface area (Å²) in [5, 5.41) is 1.27. The summed E-state index contributed by atoms with van der Waals surface area (Å²) in [7, 11) is 1.52. The van der Waals surface area contributed by atoms with Crippen molar-refractivity contribution >= 4 is 35.1 Å². The topological polar surface area (TPSA) is 69.7 Å². The van der Waals surface area contributed by atoms with E-state index in [2.05, 4.69) is 5.43 Å². The molecule has 1 heterocycles. The summed E-state index contributed by atoms with van der Waals surface area (Å²) in [6.45, 7) is 0. The van der Waals surface area contributed by atoms with Gasteiger partial charge in [-0.3, -0.25) is 14.5 Å². The number of urea groups is 1. The van der Waals surface area contributed by atoms with Gasteiger partial charge in [0, 0.05) is 17.8 Å². The molecule has 7 heteroatoms. The zero-order valence-electron chi connectivity index (χ0n) is 12.1. The highest BCUT2D eigenvalue weighted by Gasteiger charge is 2.37. The molecule has 3 rings (SSSR count). The number of fused-ring (bicyclic) bond motifs is 1. The molecule has 6 nitrogen and oxygen atoms in total. The minimum Gasteiger partial charge on any atom is -0.296 e. The van der Waals surface area contributed by atoms with Crippen molar-refractivity contribution in [3.63, 3.8) is 0 Å². The Morgan fingerprint density at radius 1 is 1.00 bits per heavy atom. The molecule has 0 atom stereocenters. The summed E-state index contributed by atoms with van der Waals surface area (Å²) in [6.07, 6.45) is 0. The number of carbonyl (C=O) groups is 3. The molecule has 0 radical (unpaired) electrons. The molecular formula is C16H12ClN3O3. The van der Waals surface area contributed by atoms with Gasteiger partial charge in [0.25, 0.3) is 11.8 Å². The first-order valence-electron chi connectivity index (χ1n) is 6.77. The molecule has 0 saturated carbocycles. The van der Waals surface area contributed by atoms with Gasteiger partial charge in [0.15, 0.2) is 0 Å². The number of nitrogens with one attached hydrogen (secondary N) is 1. The highest BCUT2D eigenvalue weighted by molar-refractivity contribution is 6.30. The van der Waals surface area contributed by atoms with Gasteiger partial charge in [0.1, 0.15) is 0 Å². The predicted octanol–water partition coefficient (Wildman–Crippen LogP) is 2.70. The summed E-state index contributed by atoms with van der Waals surface area (Å²) in [6, 6.07) is 12.4. The molecule has 1 aliphatic rings. The van der Waals surface area contributed by atoms with Crippen LogP contribution in [0.3, 0.4) is 0 Å². The van der Waals surface area contributed by atoms with E-state index in [1.54, 1.807) is 48.5 Å². The lowest BCUT2D eigenvalue weighted by Gasteiger charge is -2.22. The van der Waals surface area contributed by atoms with Crippen LogP contribution in [0.5, 0.6) is 0 Å². The van der Waals surface area contributed by atoms with Crippen LogP contribution < -0.4 is 10.3 Å². The second kappa shape index (κ2) is 5.73. The van der Waals surface area contributed by atoms with E-state index in [9.17, 15) is 14.4 Å². The third-order valence-electron chi connectivity index (χ3n) is 3.52. The number of amides is 4. The minimum absolute atomic E-state index is 0.270. The van der Waals surface area contributed by atoms with Crippen molar-refractivity contribution in [1.82, 2.24) is 10.4 Å². The molecule has 0 aliphatic carbocycles. The van der Waals surface area contributed by atoms with E-state index in [1.165, 1.54) is 11.9 Å². The van der Waals surface area contributed by atoms with Crippen molar-refractivity contribution in [1.29, 1.82) is 0 Å². The normalized spacial score (nSPS) is 13.0. The Bertz CT molecular complexity index is 769. The number of hydrogen-bond acceptors (Lipinski definition) is 3. The Labute approximate surface area is 137 Å². The monoisotopic (exact) mass is 329 g/mol. The number of hydrogen-bond donors (Lipinski definition) is 1. The van der Waals surface area contributed by atoms with E-state index in [0.717, 1.165) is 5.01 Å². The van der Waals surface area contributed by atoms with Gasteiger partial charge >= 0.3 is 6.03 Å². The van der Waals surface area contributed by atoms with E-state index in [-0.39, 0.29) is 11.1 Å². The molecule has 1 aliphatic heterocycles. The van der Waals surface area contributed by atoms with Gasteiger partial charge in [-0.15, -0.1) is 0 Å². The van der Waals surface area contributed by atoms with Crippen molar-refractivity contribution in [2.75, 3.05) is 11.9 Å². The molecule has 0 fully saturated rings. The van der Waals surface area contributed by atoms with E-state index in [4.69, 9.17) is 11.6 Å². The smallest absolute Gasteiger partial charge is 0.296 e. The van der Waals surface area contributed by atoms with Crippen LogP contribution in [0.2, 0.25) is 5.02 Å². The summed E-state index contributed by atoms with van der Waals surface area (Å²) < 4.78 is 0. The number of anilines is 1. The van der Waals surface area contributed by atoms with Crippen molar-refractivity contribution < 1.29 is 14.4 Å². The Balaban J connectivity index is 1.77. The average Bonchev–Trinajstić information content (AvgIpc) is 2.80. The van der Waals surface area contributed by atoms with E-state index >= 15 is 0 Å². The number of imide groups is 1. The minimum atomic E-state index is -0.609. The van der Waals surface area contributed by atoms with Gasteiger partial charge in [-0.25, -0.2) is 10.2 Å². The Morgan fingerprint density at radius 2 is 1.52 bits per heavy atom. The highest BCUT2D eigenvalue weighted by atomic mass is 35.5. The Kier molecular flexibility index (Phi) is 3.75. The van der Waals surface area contributed by atoms with Crippen LogP contribution in [0, 0.1) is 0 Å². The third-order valence-corrected chi connectivity index (χ3v) is 3.77. The maximum atomic E-state index is 12.3. The van der Waals surface area contributed by atoms with Crippen molar-refractivity contribution in [2.24, 2.45) is 0 Å². The molecule has 1 N–H and O–H groups in total. The highest BCUT2D eigenvalue weighted by Crippen LogP contribution is 2.21. The fourth-order valence-corrected chi connectivity index (χ4v) is 2.37. The number of carbonyl (C=O) groups excluding carboxylic acids is 3. The van der Waals surface area contributed by atoms with Crippen LogP contribution in [0.1, 0.15) is 20.7 Å². The Morgan fingerprint density at radius 3 is 2.04 bits per heavy atom. The van der Waals surface area contributed by atoms with Gasteiger partial charge in [-0.05, 0) is 36.4 Å². The first-order chi connectivity index (χ1) is 11.0. The first kappa shape index (κ1) is 15.1. The zero-order chi connectivity index (χ0) is 16.6. The third kappa shape index (κ3) is 2.64. The number of benzene rings is 2. The second-order valence-electron chi connectivity index (χ2n) is 4.94. The molecule has 4 amide bonds. The fourth-order valence-electron chi connectivity index (χ4n) is 2.24. The molecular weight excluding hydrogens is 318 g/mol. The Hall–Kier alpha value is -2.86. The molecule has 0 bridgehead atoms. The quantitative estimate of drug-likeness (QED) is 0.861. The average molecular weight is 330 g/mol. The molecule has 0 spiro atoms. The molecule has 2 aromatic carbocycles. The molecule has 0 aromatic heterocycles. The molecule has 116 valence electrons. The molecule has 2 aromatic rings. The van der Waals surface area contributed by atoms with Gasteiger partial charge in [-0.2, -0.15) is 5.01 Å². The predicted molar refractivity (Wildman–Crippen MR) is 85.3 cm³/mol. The SMILES string of the molecule is CN(C(=O)NN1C(=O)c2ccccc2C1=O)c1ccc(Cl)cc1. The number of rotatable bonds is 2. The first-order valence-corrected chi connectivity index (χ1v) is 7.14. The van der Waals surface area contributed by atoms with Crippen LogP contribution in [0.25, 0.3) is 0 Å². The maximum Gasteiger partial charge on any atom is 0.340 e. The van der Waals surface area contributed by atoms with Gasteiger partial charge < -0.3 is 0 Å². The maximum absolute atomic E-state index is 12.3. The summed E-state index contributed by atoms with van der Waals surface area (Å²) >= 11 is 5.81. The number of halogens is 1. The zero-order valence-corrected chi connectivity index (χ0v) is 12.9. The van der Waals surface area contributed by atoms with Crippen LogP contribution in [-0.4, -0.2) is 29.9 Å².